The maximum atomic E-state index is 13.6. The van der Waals surface area contributed by atoms with Crippen molar-refractivity contribution in [3.05, 3.63) is 35.6 Å². The van der Waals surface area contributed by atoms with E-state index in [0.717, 1.165) is 25.2 Å². The molecule has 2 aliphatic rings. The van der Waals surface area contributed by atoms with Crippen molar-refractivity contribution in [2.75, 3.05) is 45.9 Å². The van der Waals surface area contributed by atoms with Gasteiger partial charge in [0.15, 0.2) is 0 Å². The van der Waals surface area contributed by atoms with E-state index in [0.29, 0.717) is 26.3 Å². The molecular formula is C17H26Cl2FN3O2. The second kappa shape index (κ2) is 10.3. The van der Waals surface area contributed by atoms with Crippen LogP contribution in [0.25, 0.3) is 0 Å². The van der Waals surface area contributed by atoms with Gasteiger partial charge in [-0.1, -0.05) is 12.1 Å². The van der Waals surface area contributed by atoms with Crippen LogP contribution >= 0.6 is 24.8 Å². The molecule has 1 aromatic carbocycles. The number of amides is 1. The second-order valence-corrected chi connectivity index (χ2v) is 6.13. The van der Waals surface area contributed by atoms with Crippen molar-refractivity contribution in [2.24, 2.45) is 0 Å². The summed E-state index contributed by atoms with van der Waals surface area (Å²) < 4.78 is 18.9. The lowest BCUT2D eigenvalue weighted by atomic mass is 10.0. The van der Waals surface area contributed by atoms with Crippen LogP contribution in [0.5, 0.6) is 0 Å². The van der Waals surface area contributed by atoms with E-state index in [4.69, 9.17) is 4.74 Å². The quantitative estimate of drug-likeness (QED) is 0.850. The number of halogens is 3. The third-order valence-electron chi connectivity index (χ3n) is 4.71. The number of benzene rings is 1. The standard InChI is InChI=1S/C17H24FN3O2.2ClH/c1-13(20-7-9-23-10-8-20)17(22)21-6-5-19-12-16(21)14-3-2-4-15(18)11-14;;/h2-4,11,13,16,19H,5-10,12H2,1H3;2*1H. The van der Waals surface area contributed by atoms with Gasteiger partial charge in [-0.25, -0.2) is 4.39 Å². The van der Waals surface area contributed by atoms with E-state index in [2.05, 4.69) is 10.2 Å². The third-order valence-corrected chi connectivity index (χ3v) is 4.71. The number of nitrogens with zero attached hydrogens (tertiary/aromatic N) is 2. The first-order valence-electron chi connectivity index (χ1n) is 8.25. The van der Waals surface area contributed by atoms with Crippen molar-refractivity contribution in [2.45, 2.75) is 19.0 Å². The van der Waals surface area contributed by atoms with Crippen LogP contribution in [0.4, 0.5) is 4.39 Å². The van der Waals surface area contributed by atoms with Crippen molar-refractivity contribution in [1.82, 2.24) is 15.1 Å². The first-order chi connectivity index (χ1) is 11.2. The predicted octanol–water partition coefficient (Wildman–Crippen LogP) is 1.86. The fourth-order valence-electron chi connectivity index (χ4n) is 3.34. The molecule has 2 unspecified atom stereocenters. The Morgan fingerprint density at radius 1 is 1.28 bits per heavy atom. The molecule has 5 nitrogen and oxygen atoms in total. The van der Waals surface area contributed by atoms with Crippen molar-refractivity contribution in [3.63, 3.8) is 0 Å². The molecule has 2 fully saturated rings. The van der Waals surface area contributed by atoms with Crippen molar-refractivity contribution in [1.29, 1.82) is 0 Å². The van der Waals surface area contributed by atoms with Gasteiger partial charge in [0.1, 0.15) is 5.82 Å². The molecule has 2 heterocycles. The zero-order valence-electron chi connectivity index (χ0n) is 14.3. The Bertz CT molecular complexity index is 558. The third kappa shape index (κ3) is 5.28. The minimum Gasteiger partial charge on any atom is -0.379 e. The van der Waals surface area contributed by atoms with E-state index in [9.17, 15) is 9.18 Å². The molecule has 0 radical (unpaired) electrons. The number of piperazine rings is 1. The Morgan fingerprint density at radius 3 is 2.68 bits per heavy atom. The lowest BCUT2D eigenvalue weighted by Gasteiger charge is -2.40. The predicted molar refractivity (Wildman–Crippen MR) is 100 cm³/mol. The second-order valence-electron chi connectivity index (χ2n) is 6.13. The van der Waals surface area contributed by atoms with Crippen LogP contribution in [-0.2, 0) is 9.53 Å². The SMILES string of the molecule is CC(C(=O)N1CCNCC1c1cccc(F)c1)N1CCOCC1.Cl.Cl. The van der Waals surface area contributed by atoms with Crippen molar-refractivity contribution in [3.8, 4) is 0 Å². The summed E-state index contributed by atoms with van der Waals surface area (Å²) in [5, 5.41) is 3.31. The van der Waals surface area contributed by atoms with E-state index in [1.54, 1.807) is 6.07 Å². The number of hydrogen-bond acceptors (Lipinski definition) is 4. The number of ether oxygens (including phenoxy) is 1. The molecule has 1 N–H and O–H groups in total. The van der Waals surface area contributed by atoms with Crippen molar-refractivity contribution >= 4 is 30.7 Å². The van der Waals surface area contributed by atoms with Crippen LogP contribution in [0, 0.1) is 5.82 Å². The molecular weight excluding hydrogens is 368 g/mol. The molecule has 0 saturated carbocycles. The molecule has 1 amide bonds. The Hall–Kier alpha value is -0.920. The van der Waals surface area contributed by atoms with Gasteiger partial charge in [0.2, 0.25) is 5.91 Å². The van der Waals surface area contributed by atoms with E-state index in [1.807, 2.05) is 17.9 Å². The smallest absolute Gasteiger partial charge is 0.240 e. The number of carbonyl (C=O) groups is 1. The topological polar surface area (TPSA) is 44.8 Å². The van der Waals surface area contributed by atoms with Gasteiger partial charge in [-0.2, -0.15) is 0 Å². The molecule has 2 atom stereocenters. The largest absolute Gasteiger partial charge is 0.379 e. The molecule has 25 heavy (non-hydrogen) atoms. The fourth-order valence-corrected chi connectivity index (χ4v) is 3.34. The normalized spacial score (nSPS) is 22.5. The minimum atomic E-state index is -0.262. The summed E-state index contributed by atoms with van der Waals surface area (Å²) in [7, 11) is 0. The average molecular weight is 394 g/mol. The van der Waals surface area contributed by atoms with E-state index >= 15 is 0 Å². The monoisotopic (exact) mass is 393 g/mol. The van der Waals surface area contributed by atoms with Crippen LogP contribution in [0.15, 0.2) is 24.3 Å². The molecule has 0 bridgehead atoms. The highest BCUT2D eigenvalue weighted by molar-refractivity contribution is 5.85. The number of carbonyl (C=O) groups excluding carboxylic acids is 1. The van der Waals surface area contributed by atoms with Gasteiger partial charge in [0, 0.05) is 32.7 Å². The summed E-state index contributed by atoms with van der Waals surface area (Å²) in [6.45, 7) is 6.94. The highest BCUT2D eigenvalue weighted by atomic mass is 35.5. The molecule has 1 aromatic rings. The van der Waals surface area contributed by atoms with Crippen LogP contribution in [-0.4, -0.2) is 67.7 Å². The van der Waals surface area contributed by atoms with Crippen molar-refractivity contribution < 1.29 is 13.9 Å². The van der Waals surface area contributed by atoms with Gasteiger partial charge in [-0.15, -0.1) is 24.8 Å². The summed E-state index contributed by atoms with van der Waals surface area (Å²) >= 11 is 0. The molecule has 2 saturated heterocycles. The van der Waals surface area contributed by atoms with Crippen LogP contribution < -0.4 is 5.32 Å². The first kappa shape index (κ1) is 22.1. The molecule has 8 heteroatoms. The Balaban J connectivity index is 0.00000156. The molecule has 0 aromatic heterocycles. The number of nitrogens with one attached hydrogen (secondary N) is 1. The van der Waals surface area contributed by atoms with Crippen LogP contribution in [0.3, 0.4) is 0 Å². The number of rotatable bonds is 3. The molecule has 3 rings (SSSR count). The zero-order valence-corrected chi connectivity index (χ0v) is 16.0. The summed E-state index contributed by atoms with van der Waals surface area (Å²) in [5.41, 5.74) is 0.847. The Labute approximate surface area is 160 Å². The summed E-state index contributed by atoms with van der Waals surface area (Å²) in [6.07, 6.45) is 0. The Kier molecular flexibility index (Phi) is 9.10. The average Bonchev–Trinajstić information content (AvgIpc) is 2.61. The lowest BCUT2D eigenvalue weighted by Crippen LogP contribution is -2.56. The van der Waals surface area contributed by atoms with Gasteiger partial charge in [0.05, 0.1) is 25.3 Å². The maximum Gasteiger partial charge on any atom is 0.240 e. The van der Waals surface area contributed by atoms with Gasteiger partial charge < -0.3 is 15.0 Å². The van der Waals surface area contributed by atoms with Crippen LogP contribution in [0.1, 0.15) is 18.5 Å². The summed E-state index contributed by atoms with van der Waals surface area (Å²) in [4.78, 5) is 17.0. The van der Waals surface area contributed by atoms with Crippen LogP contribution in [0.2, 0.25) is 0 Å². The molecule has 2 aliphatic heterocycles. The van der Waals surface area contributed by atoms with Gasteiger partial charge >= 0.3 is 0 Å². The van der Waals surface area contributed by atoms with E-state index in [1.165, 1.54) is 12.1 Å². The summed E-state index contributed by atoms with van der Waals surface area (Å²) in [5.74, 6) is -0.149. The fraction of sp³-hybridized carbons (Fsp3) is 0.588. The number of morpholine rings is 1. The van der Waals surface area contributed by atoms with Gasteiger partial charge in [-0.3, -0.25) is 9.69 Å². The molecule has 142 valence electrons. The number of hydrogen-bond donors (Lipinski definition) is 1. The first-order valence-corrected chi connectivity index (χ1v) is 8.25. The van der Waals surface area contributed by atoms with Gasteiger partial charge in [0.25, 0.3) is 0 Å². The maximum absolute atomic E-state index is 13.6. The zero-order chi connectivity index (χ0) is 16.2. The molecule has 0 spiro atoms. The molecule has 0 aliphatic carbocycles. The van der Waals surface area contributed by atoms with E-state index < -0.39 is 0 Å². The van der Waals surface area contributed by atoms with E-state index in [-0.39, 0.29) is 48.6 Å². The highest BCUT2D eigenvalue weighted by Gasteiger charge is 2.33. The highest BCUT2D eigenvalue weighted by Crippen LogP contribution is 2.24. The summed E-state index contributed by atoms with van der Waals surface area (Å²) in [6, 6.07) is 6.26. The van der Waals surface area contributed by atoms with Gasteiger partial charge in [-0.05, 0) is 24.6 Å². The lowest BCUT2D eigenvalue weighted by molar-refractivity contribution is -0.141. The minimum absolute atomic E-state index is 0. The Morgan fingerprint density at radius 2 is 2.00 bits per heavy atom.